The molecule has 0 heterocycles. The van der Waals surface area contributed by atoms with Crippen LogP contribution in [0.3, 0.4) is 0 Å². The first-order valence-electron chi connectivity index (χ1n) is 12.0. The minimum atomic E-state index is -0.209. The van der Waals surface area contributed by atoms with E-state index in [1.165, 1.54) is 20.8 Å². The van der Waals surface area contributed by atoms with Crippen LogP contribution in [0.4, 0.5) is 0 Å². The maximum Gasteiger partial charge on any atom is 0.302 e. The molecular formula is C25H38O6. The molecule has 4 fully saturated rings. The zero-order valence-corrected chi connectivity index (χ0v) is 19.6. The van der Waals surface area contributed by atoms with Crippen LogP contribution in [0.25, 0.3) is 0 Å². The van der Waals surface area contributed by atoms with Gasteiger partial charge in [-0.2, -0.15) is 0 Å². The smallest absolute Gasteiger partial charge is 0.302 e. The molecule has 0 aromatic carbocycles. The summed E-state index contributed by atoms with van der Waals surface area (Å²) in [6.45, 7) is 9.18. The van der Waals surface area contributed by atoms with Gasteiger partial charge in [-0.1, -0.05) is 13.8 Å². The summed E-state index contributed by atoms with van der Waals surface area (Å²) < 4.78 is 17.3. The highest BCUT2D eigenvalue weighted by molar-refractivity contribution is 5.67. The van der Waals surface area contributed by atoms with E-state index in [9.17, 15) is 14.4 Å². The third kappa shape index (κ3) is 4.11. The molecule has 0 N–H and O–H groups in total. The first kappa shape index (κ1) is 22.6. The summed E-state index contributed by atoms with van der Waals surface area (Å²) in [7, 11) is 0. The Morgan fingerprint density at radius 2 is 1.42 bits per heavy atom. The van der Waals surface area contributed by atoms with Gasteiger partial charge in [-0.3, -0.25) is 14.4 Å². The Labute approximate surface area is 185 Å². The maximum atomic E-state index is 12.1. The van der Waals surface area contributed by atoms with Gasteiger partial charge in [0.25, 0.3) is 0 Å². The fraction of sp³-hybridized carbons (Fsp3) is 0.880. The Morgan fingerprint density at radius 1 is 0.774 bits per heavy atom. The maximum absolute atomic E-state index is 12.1. The molecule has 4 saturated carbocycles. The van der Waals surface area contributed by atoms with Crippen molar-refractivity contribution in [2.45, 2.75) is 104 Å². The van der Waals surface area contributed by atoms with E-state index in [4.69, 9.17) is 14.2 Å². The monoisotopic (exact) mass is 434 g/mol. The Balaban J connectivity index is 1.62. The van der Waals surface area contributed by atoms with Gasteiger partial charge in [0, 0.05) is 26.7 Å². The van der Waals surface area contributed by atoms with Crippen LogP contribution in [-0.4, -0.2) is 36.2 Å². The molecule has 6 heteroatoms. The lowest BCUT2D eigenvalue weighted by atomic mass is 9.44. The van der Waals surface area contributed by atoms with Crippen LogP contribution in [0, 0.1) is 34.5 Å². The molecule has 0 amide bonds. The van der Waals surface area contributed by atoms with E-state index in [0.717, 1.165) is 51.4 Å². The molecule has 31 heavy (non-hydrogen) atoms. The number of carbonyl (C=O) groups is 3. The summed E-state index contributed by atoms with van der Waals surface area (Å²) in [4.78, 5) is 35.2. The molecule has 0 radical (unpaired) electrons. The summed E-state index contributed by atoms with van der Waals surface area (Å²) in [6.07, 6.45) is 7.48. The highest BCUT2D eigenvalue weighted by atomic mass is 16.6. The summed E-state index contributed by atoms with van der Waals surface area (Å²) in [5.74, 6) is 1.12. The molecule has 174 valence electrons. The van der Waals surface area contributed by atoms with Crippen LogP contribution in [0.1, 0.15) is 86.0 Å². The van der Waals surface area contributed by atoms with Crippen molar-refractivity contribution in [3.63, 3.8) is 0 Å². The SMILES string of the molecule is CC(=O)O[C@@H]1C[C@H]2[C@@H]3CC[C@H]4C[C@@H](OC(C)=O)CC[C@]4(C)[C@H]3[C@H](OC(C)=O)C[C@]2(C)C1. The second-order valence-electron chi connectivity index (χ2n) is 11.3. The van der Waals surface area contributed by atoms with Crippen molar-refractivity contribution in [2.24, 2.45) is 34.5 Å². The molecule has 6 nitrogen and oxygen atoms in total. The average molecular weight is 435 g/mol. The molecule has 0 aliphatic heterocycles. The van der Waals surface area contributed by atoms with Crippen molar-refractivity contribution in [1.29, 1.82) is 0 Å². The molecule has 4 rings (SSSR count). The van der Waals surface area contributed by atoms with Gasteiger partial charge >= 0.3 is 17.9 Å². The van der Waals surface area contributed by atoms with E-state index in [1.54, 1.807) is 0 Å². The van der Waals surface area contributed by atoms with Gasteiger partial charge in [0.1, 0.15) is 18.3 Å². The fourth-order valence-electron chi connectivity index (χ4n) is 8.31. The van der Waals surface area contributed by atoms with Crippen LogP contribution in [-0.2, 0) is 28.6 Å². The molecule has 4 aliphatic carbocycles. The topological polar surface area (TPSA) is 78.9 Å². The minimum absolute atomic E-state index is 0.00739. The van der Waals surface area contributed by atoms with Crippen LogP contribution < -0.4 is 0 Å². The molecule has 9 atom stereocenters. The average Bonchev–Trinajstić information content (AvgIpc) is 2.95. The highest BCUT2D eigenvalue weighted by Gasteiger charge is 2.63. The zero-order chi connectivity index (χ0) is 22.6. The number of esters is 3. The number of rotatable bonds is 3. The quantitative estimate of drug-likeness (QED) is 0.483. The van der Waals surface area contributed by atoms with Crippen LogP contribution in [0.5, 0.6) is 0 Å². The van der Waals surface area contributed by atoms with E-state index >= 15 is 0 Å². The Bertz CT molecular complexity index is 748. The van der Waals surface area contributed by atoms with Crippen LogP contribution >= 0.6 is 0 Å². The molecule has 0 bridgehead atoms. The number of carbonyl (C=O) groups excluding carboxylic acids is 3. The van der Waals surface area contributed by atoms with Gasteiger partial charge in [-0.15, -0.1) is 0 Å². The molecular weight excluding hydrogens is 396 g/mol. The summed E-state index contributed by atoms with van der Waals surface area (Å²) in [5.41, 5.74) is 0.0973. The third-order valence-electron chi connectivity index (χ3n) is 9.23. The lowest BCUT2D eigenvalue weighted by Crippen LogP contribution is -2.59. The fourth-order valence-corrected chi connectivity index (χ4v) is 8.31. The third-order valence-corrected chi connectivity index (χ3v) is 9.23. The summed E-state index contributed by atoms with van der Waals surface area (Å²) >= 11 is 0. The standard InChI is InChI=1S/C25H38O6/c1-14(26)29-18-8-9-25(5)17(10-18)6-7-20-21-11-19(30-15(2)27)12-24(21,4)13-22(23(20)25)31-16(3)28/h17-23H,6-13H2,1-5H3/t17-,18-,19+,20-,21-,22+,23+,24-,25-/m0/s1. The normalized spacial score (nSPS) is 46.2. The van der Waals surface area contributed by atoms with Gasteiger partial charge < -0.3 is 14.2 Å². The van der Waals surface area contributed by atoms with Crippen LogP contribution in [0.2, 0.25) is 0 Å². The second-order valence-corrected chi connectivity index (χ2v) is 11.3. The molecule has 0 aromatic rings. The summed E-state index contributed by atoms with van der Waals surface area (Å²) in [5, 5.41) is 0. The van der Waals surface area contributed by atoms with Crippen LogP contribution in [0.15, 0.2) is 0 Å². The van der Waals surface area contributed by atoms with Crippen molar-refractivity contribution in [3.05, 3.63) is 0 Å². The van der Waals surface area contributed by atoms with Gasteiger partial charge in [0.15, 0.2) is 0 Å². The van der Waals surface area contributed by atoms with Crippen molar-refractivity contribution in [2.75, 3.05) is 0 Å². The molecule has 0 unspecified atom stereocenters. The Morgan fingerprint density at radius 3 is 2.06 bits per heavy atom. The van der Waals surface area contributed by atoms with E-state index in [2.05, 4.69) is 13.8 Å². The van der Waals surface area contributed by atoms with Gasteiger partial charge in [-0.25, -0.2) is 0 Å². The van der Waals surface area contributed by atoms with E-state index < -0.39 is 0 Å². The van der Waals surface area contributed by atoms with Crippen molar-refractivity contribution >= 4 is 17.9 Å². The summed E-state index contributed by atoms with van der Waals surface area (Å²) in [6, 6.07) is 0. The Kier molecular flexibility index (Phi) is 5.89. The van der Waals surface area contributed by atoms with Gasteiger partial charge in [0.2, 0.25) is 0 Å². The Hall–Kier alpha value is -1.59. The van der Waals surface area contributed by atoms with E-state index in [1.807, 2.05) is 0 Å². The number of ether oxygens (including phenoxy) is 3. The molecule has 4 aliphatic rings. The first-order chi connectivity index (χ1) is 14.5. The molecule has 0 saturated heterocycles. The lowest BCUT2D eigenvalue weighted by molar-refractivity contribution is -0.197. The van der Waals surface area contributed by atoms with Gasteiger partial charge in [-0.05, 0) is 80.0 Å². The number of hydrogen-bond acceptors (Lipinski definition) is 6. The molecule has 0 spiro atoms. The number of hydrogen-bond donors (Lipinski definition) is 0. The predicted molar refractivity (Wildman–Crippen MR) is 114 cm³/mol. The van der Waals surface area contributed by atoms with Crippen molar-refractivity contribution < 1.29 is 28.6 Å². The zero-order valence-electron chi connectivity index (χ0n) is 19.6. The predicted octanol–water partition coefficient (Wildman–Crippen LogP) is 4.43. The largest absolute Gasteiger partial charge is 0.463 e. The minimum Gasteiger partial charge on any atom is -0.463 e. The highest BCUT2D eigenvalue weighted by Crippen LogP contribution is 2.67. The van der Waals surface area contributed by atoms with Gasteiger partial charge in [0.05, 0.1) is 0 Å². The molecule has 0 aromatic heterocycles. The second kappa shape index (κ2) is 8.08. The van der Waals surface area contributed by atoms with E-state index in [-0.39, 0.29) is 47.0 Å². The first-order valence-corrected chi connectivity index (χ1v) is 12.0. The van der Waals surface area contributed by atoms with E-state index in [0.29, 0.717) is 23.7 Å². The van der Waals surface area contributed by atoms with Crippen molar-refractivity contribution in [1.82, 2.24) is 0 Å². The van der Waals surface area contributed by atoms with Crippen molar-refractivity contribution in [3.8, 4) is 0 Å². The number of fused-ring (bicyclic) bond motifs is 5. The lowest BCUT2D eigenvalue weighted by Gasteiger charge is -2.62.